The molecule has 3 heteroatoms. The third-order valence-electron chi connectivity index (χ3n) is 26.8. The van der Waals surface area contributed by atoms with Gasteiger partial charge in [-0.3, -0.25) is 9.97 Å². The Labute approximate surface area is 494 Å². The fourth-order valence-electron chi connectivity index (χ4n) is 22.6. The van der Waals surface area contributed by atoms with E-state index in [1.54, 1.807) is 38.2 Å². The van der Waals surface area contributed by atoms with Crippen molar-refractivity contribution < 1.29 is 0 Å². The van der Waals surface area contributed by atoms with E-state index in [0.29, 0.717) is 52.8 Å². The Kier molecular flexibility index (Phi) is 9.97. The van der Waals surface area contributed by atoms with Crippen LogP contribution in [0.5, 0.6) is 0 Å². The van der Waals surface area contributed by atoms with Crippen LogP contribution in [-0.2, 0) is 16.2 Å². The van der Waals surface area contributed by atoms with Crippen molar-refractivity contribution in [3.63, 3.8) is 0 Å². The lowest BCUT2D eigenvalue weighted by molar-refractivity contribution is 0.00321. The lowest BCUT2D eigenvalue weighted by Gasteiger charge is -2.61. The Morgan fingerprint density at radius 1 is 0.458 bits per heavy atom. The first-order valence-corrected chi connectivity index (χ1v) is 33.5. The van der Waals surface area contributed by atoms with Gasteiger partial charge in [0.2, 0.25) is 0 Å². The van der Waals surface area contributed by atoms with E-state index in [0.717, 1.165) is 23.7 Å². The molecule has 8 atom stereocenters. The van der Waals surface area contributed by atoms with Gasteiger partial charge in [-0.25, -0.2) is 0 Å². The molecule has 7 bridgehead atoms. The molecule has 5 saturated carbocycles. The summed E-state index contributed by atoms with van der Waals surface area (Å²) in [6.07, 6.45) is 19.7. The fourth-order valence-corrected chi connectivity index (χ4v) is 22.6. The number of fused-ring (bicyclic) bond motifs is 18. The smallest absolute Gasteiger partial charge is 0.0728 e. The van der Waals surface area contributed by atoms with Crippen molar-refractivity contribution in [1.29, 1.82) is 0 Å². The van der Waals surface area contributed by atoms with Crippen LogP contribution in [0.1, 0.15) is 269 Å². The molecule has 4 heterocycles. The van der Waals surface area contributed by atoms with Gasteiger partial charge in [0.1, 0.15) is 0 Å². The Balaban J connectivity index is 1.06. The van der Waals surface area contributed by atoms with E-state index in [1.165, 1.54) is 176 Å². The second kappa shape index (κ2) is 16.4. The summed E-state index contributed by atoms with van der Waals surface area (Å²) < 4.78 is 2.82. The molecule has 0 radical (unpaired) electrons. The Hall–Kier alpha value is -5.80. The maximum Gasteiger partial charge on any atom is 0.0728 e. The van der Waals surface area contributed by atoms with E-state index in [1.807, 2.05) is 0 Å². The van der Waals surface area contributed by atoms with E-state index in [2.05, 4.69) is 180 Å². The van der Waals surface area contributed by atoms with Crippen molar-refractivity contribution in [2.24, 2.45) is 29.1 Å². The number of hydrogen-bond donors (Lipinski definition) is 0. The molecule has 10 aliphatic carbocycles. The molecular weight excluding hydrogens is 1000 g/mol. The Morgan fingerprint density at radius 2 is 0.928 bits per heavy atom. The second-order valence-corrected chi connectivity index (χ2v) is 32.1. The van der Waals surface area contributed by atoms with Crippen molar-refractivity contribution in [2.75, 3.05) is 0 Å². The summed E-state index contributed by atoms with van der Waals surface area (Å²) in [5, 5.41) is 6.20. The molecule has 0 N–H and O–H groups in total. The monoisotopic (exact) mass is 1090 g/mol. The second-order valence-electron chi connectivity index (χ2n) is 32.1. The molecule has 8 unspecified atom stereocenters. The molecule has 0 saturated heterocycles. The van der Waals surface area contributed by atoms with Crippen LogP contribution in [-0.4, -0.2) is 14.4 Å². The molecule has 5 aromatic carbocycles. The third-order valence-corrected chi connectivity index (χ3v) is 26.8. The molecule has 5 fully saturated rings. The van der Waals surface area contributed by atoms with Gasteiger partial charge in [-0.1, -0.05) is 151 Å². The lowest BCUT2D eigenvalue weighted by Crippen LogP contribution is -2.58. The number of aromatic nitrogens is 3. The quantitative estimate of drug-likeness (QED) is 0.166. The predicted molar refractivity (Wildman–Crippen MR) is 346 cm³/mol. The average Bonchev–Trinajstić information content (AvgIpc) is 1.65. The van der Waals surface area contributed by atoms with E-state index < -0.39 is 0 Å². The standard InChI is InChI=1S/C80H87N3/c1-39(2)53-16-14-17-54(40(3)4)63(53)46-22-24-57-59(32-46)77(9,10)79(13)73-67(57)71-69-61(37-81-74-48-28-44(29-48)26-43-20-21-45(27-43)65(69)74)83-62-38-82-75-50-31-52-34-51-30-49(35-80(51,52)36-50)66(75)70(62)72(76(71)83)68(73)58-25-23-47(33-60(58)78(79,11)12)64-55(41(5)6)18-15-19-56(64)42(7)8/h14-19,22-25,32-33,37-45,48-52H,20-21,26-31,34-36H2,1-13H3. The summed E-state index contributed by atoms with van der Waals surface area (Å²) in [4.78, 5) is 11.7. The van der Waals surface area contributed by atoms with Crippen LogP contribution >= 0.6 is 0 Å². The maximum absolute atomic E-state index is 5.89. The summed E-state index contributed by atoms with van der Waals surface area (Å²) in [7, 11) is 0. The molecule has 4 aromatic heterocycles. The molecule has 83 heavy (non-hydrogen) atoms. The number of rotatable bonds is 6. The van der Waals surface area contributed by atoms with Gasteiger partial charge in [0.15, 0.2) is 0 Å². The van der Waals surface area contributed by atoms with Gasteiger partial charge in [0.05, 0.1) is 28.9 Å². The van der Waals surface area contributed by atoms with Crippen molar-refractivity contribution in [1.82, 2.24) is 14.4 Å². The number of pyridine rings is 2. The van der Waals surface area contributed by atoms with Gasteiger partial charge in [0, 0.05) is 61.0 Å². The number of nitrogens with zero attached hydrogens (tertiary/aromatic N) is 3. The Morgan fingerprint density at radius 3 is 1.45 bits per heavy atom. The molecule has 19 rings (SSSR count). The van der Waals surface area contributed by atoms with Gasteiger partial charge < -0.3 is 4.40 Å². The van der Waals surface area contributed by atoms with Crippen LogP contribution in [0.2, 0.25) is 0 Å². The van der Waals surface area contributed by atoms with Crippen molar-refractivity contribution in [3.8, 4) is 44.5 Å². The number of hydrogen-bond acceptors (Lipinski definition) is 2. The molecule has 0 amide bonds. The van der Waals surface area contributed by atoms with E-state index >= 15 is 0 Å². The first-order valence-electron chi connectivity index (χ1n) is 33.5. The third kappa shape index (κ3) is 5.97. The Bertz CT molecular complexity index is 4120. The molecule has 9 aromatic rings. The first kappa shape index (κ1) is 50.5. The van der Waals surface area contributed by atoms with Gasteiger partial charge in [-0.2, -0.15) is 0 Å². The topological polar surface area (TPSA) is 30.2 Å². The van der Waals surface area contributed by atoms with Crippen LogP contribution in [0.25, 0.3) is 82.6 Å². The average molecular weight is 1090 g/mol. The van der Waals surface area contributed by atoms with Crippen LogP contribution < -0.4 is 0 Å². The molecular formula is C80H87N3. The number of benzene rings is 5. The maximum atomic E-state index is 5.89. The fraction of sp³-hybridized carbons (Fsp3) is 0.500. The summed E-state index contributed by atoms with van der Waals surface area (Å²) in [5.74, 6) is 7.28. The minimum absolute atomic E-state index is 0.303. The van der Waals surface area contributed by atoms with Crippen LogP contribution in [0.4, 0.5) is 0 Å². The summed E-state index contributed by atoms with van der Waals surface area (Å²) in [5.41, 5.74) is 32.1. The minimum atomic E-state index is -0.360. The highest BCUT2D eigenvalue weighted by Gasteiger charge is 2.67. The highest BCUT2D eigenvalue weighted by atomic mass is 15.0. The van der Waals surface area contributed by atoms with Gasteiger partial charge >= 0.3 is 0 Å². The van der Waals surface area contributed by atoms with Gasteiger partial charge in [-0.15, -0.1) is 0 Å². The minimum Gasteiger partial charge on any atom is -0.305 e. The van der Waals surface area contributed by atoms with Crippen LogP contribution in [0, 0.1) is 29.1 Å². The zero-order valence-electron chi connectivity index (χ0n) is 52.1. The van der Waals surface area contributed by atoms with Crippen molar-refractivity contribution in [3.05, 3.63) is 147 Å². The van der Waals surface area contributed by atoms with E-state index in [-0.39, 0.29) is 16.2 Å². The summed E-state index contributed by atoms with van der Waals surface area (Å²) >= 11 is 0. The molecule has 0 aliphatic heterocycles. The van der Waals surface area contributed by atoms with Crippen molar-refractivity contribution in [2.45, 2.75) is 224 Å². The van der Waals surface area contributed by atoms with Gasteiger partial charge in [0.25, 0.3) is 0 Å². The zero-order chi connectivity index (χ0) is 56.6. The largest absolute Gasteiger partial charge is 0.305 e. The van der Waals surface area contributed by atoms with Crippen LogP contribution in [0.15, 0.2) is 85.2 Å². The molecule has 422 valence electrons. The molecule has 3 nitrogen and oxygen atoms in total. The van der Waals surface area contributed by atoms with Crippen molar-refractivity contribution >= 4 is 38.1 Å². The highest BCUT2D eigenvalue weighted by molar-refractivity contribution is 6.33. The van der Waals surface area contributed by atoms with E-state index in [9.17, 15) is 0 Å². The highest BCUT2D eigenvalue weighted by Crippen LogP contribution is 2.77. The lowest BCUT2D eigenvalue weighted by atomic mass is 9.41. The molecule has 1 spiro atoms. The first-order chi connectivity index (χ1) is 39.8. The normalized spacial score (nSPS) is 29.7. The van der Waals surface area contributed by atoms with E-state index in [4.69, 9.17) is 9.97 Å². The van der Waals surface area contributed by atoms with Crippen LogP contribution in [0.3, 0.4) is 0 Å². The van der Waals surface area contributed by atoms with Gasteiger partial charge in [-0.05, 0) is 242 Å². The molecule has 10 aliphatic rings. The summed E-state index contributed by atoms with van der Waals surface area (Å²) in [6, 6.07) is 30.3. The SMILES string of the molecule is CC(C)c1cccc(C(C)C)c1-c1ccc2c(c1)C(C)(C)C1(C)c3c-2c2c4c5c(ncc4n4c6cnc7c(c6c(c3-c3ccc(-c6c(C(C)C)cccc6C(C)C)cc3C1(C)C)c24)C1CC2CC3CC7CC32C1)C1CC(CC2CCC5C2)C1. The zero-order valence-corrected chi connectivity index (χ0v) is 52.1. The predicted octanol–water partition coefficient (Wildman–Crippen LogP) is 21.8. The summed E-state index contributed by atoms with van der Waals surface area (Å²) in [6.45, 7) is 32.7.